The number of piperidine rings is 1. The van der Waals surface area contributed by atoms with Crippen LogP contribution in [-0.4, -0.2) is 50.4 Å². The van der Waals surface area contributed by atoms with E-state index in [2.05, 4.69) is 33.9 Å². The Morgan fingerprint density at radius 2 is 1.81 bits per heavy atom. The molecule has 0 spiro atoms. The Kier molecular flexibility index (Phi) is 5.98. The number of nitrogens with zero attached hydrogens (tertiary/aromatic N) is 1. The van der Waals surface area contributed by atoms with Crippen LogP contribution < -0.4 is 0 Å². The van der Waals surface area contributed by atoms with Gasteiger partial charge in [-0.1, -0.05) is 20.8 Å². The molecule has 2 fully saturated rings. The Morgan fingerprint density at radius 1 is 1.19 bits per heavy atom. The van der Waals surface area contributed by atoms with E-state index in [0.29, 0.717) is 37.8 Å². The summed E-state index contributed by atoms with van der Waals surface area (Å²) in [5.74, 6) is 0.891. The molecule has 1 saturated heterocycles. The highest BCUT2D eigenvalue weighted by molar-refractivity contribution is 6.74. The molecule has 150 valence electrons. The van der Waals surface area contributed by atoms with E-state index in [-0.39, 0.29) is 23.0 Å². The van der Waals surface area contributed by atoms with Crippen molar-refractivity contribution in [3.63, 3.8) is 0 Å². The van der Waals surface area contributed by atoms with Gasteiger partial charge in [0.25, 0.3) is 0 Å². The van der Waals surface area contributed by atoms with Crippen LogP contribution in [0.1, 0.15) is 54.4 Å². The van der Waals surface area contributed by atoms with Crippen LogP contribution >= 0.6 is 0 Å². The minimum absolute atomic E-state index is 0.00471. The van der Waals surface area contributed by atoms with Crippen molar-refractivity contribution in [1.82, 2.24) is 4.90 Å². The number of carbonyl (C=O) groups is 2. The molecule has 2 rings (SSSR count). The summed E-state index contributed by atoms with van der Waals surface area (Å²) in [6, 6.07) is 0. The fourth-order valence-electron chi connectivity index (χ4n) is 3.67. The van der Waals surface area contributed by atoms with Crippen LogP contribution in [0, 0.1) is 17.8 Å². The summed E-state index contributed by atoms with van der Waals surface area (Å²) in [7, 11) is -1.85. The van der Waals surface area contributed by atoms with Gasteiger partial charge in [-0.2, -0.15) is 0 Å². The molecule has 5 nitrogen and oxygen atoms in total. The zero-order valence-corrected chi connectivity index (χ0v) is 18.8. The molecule has 0 N–H and O–H groups in total. The number of carbonyl (C=O) groups excluding carboxylic acids is 2. The Balaban J connectivity index is 1.96. The molecule has 0 aromatic rings. The highest BCUT2D eigenvalue weighted by atomic mass is 28.4. The quantitative estimate of drug-likeness (QED) is 0.675. The van der Waals surface area contributed by atoms with Crippen LogP contribution in [0.4, 0.5) is 4.79 Å². The summed E-state index contributed by atoms with van der Waals surface area (Å²) in [6.45, 7) is 18.6. The number of hydrogen-bond donors (Lipinski definition) is 0. The lowest BCUT2D eigenvalue weighted by Crippen LogP contribution is -2.46. The average molecular weight is 384 g/mol. The predicted octanol–water partition coefficient (Wildman–Crippen LogP) is 4.47. The fraction of sp³-hybridized carbons (Fsp3) is 0.900. The summed E-state index contributed by atoms with van der Waals surface area (Å²) in [6.07, 6.45) is 1.17. The topological polar surface area (TPSA) is 55.8 Å². The molecule has 1 saturated carbocycles. The number of hydrogen-bond acceptors (Lipinski definition) is 4. The maximum atomic E-state index is 12.6. The van der Waals surface area contributed by atoms with Crippen LogP contribution in [0.2, 0.25) is 18.1 Å². The monoisotopic (exact) mass is 383 g/mol. The molecule has 0 aromatic carbocycles. The molecule has 1 aliphatic carbocycles. The van der Waals surface area contributed by atoms with Crippen LogP contribution in [0.25, 0.3) is 0 Å². The summed E-state index contributed by atoms with van der Waals surface area (Å²) < 4.78 is 11.8. The molecule has 0 bridgehead atoms. The van der Waals surface area contributed by atoms with Gasteiger partial charge >= 0.3 is 6.09 Å². The zero-order chi connectivity index (χ0) is 19.9. The molecule has 26 heavy (non-hydrogen) atoms. The first-order chi connectivity index (χ1) is 11.7. The molecule has 1 heterocycles. The molecular formula is C20H37NO4Si. The number of fused-ring (bicyclic) bond motifs is 1. The molecule has 1 aliphatic heterocycles. The van der Waals surface area contributed by atoms with E-state index >= 15 is 0 Å². The van der Waals surface area contributed by atoms with Crippen LogP contribution in [0.5, 0.6) is 0 Å². The second-order valence-electron chi connectivity index (χ2n) is 10.5. The van der Waals surface area contributed by atoms with Crippen molar-refractivity contribution in [1.29, 1.82) is 0 Å². The van der Waals surface area contributed by atoms with E-state index < -0.39 is 13.9 Å². The van der Waals surface area contributed by atoms with Crippen LogP contribution in [0.15, 0.2) is 0 Å². The van der Waals surface area contributed by atoms with Gasteiger partial charge < -0.3 is 14.1 Å². The second kappa shape index (κ2) is 7.27. The maximum absolute atomic E-state index is 12.6. The van der Waals surface area contributed by atoms with Gasteiger partial charge in [-0.3, -0.25) is 4.79 Å². The van der Waals surface area contributed by atoms with E-state index in [1.165, 1.54) is 0 Å². The summed E-state index contributed by atoms with van der Waals surface area (Å²) >= 11 is 0. The molecule has 1 amide bonds. The molecule has 2 aliphatic rings. The summed E-state index contributed by atoms with van der Waals surface area (Å²) in [5, 5.41) is 0.147. The second-order valence-corrected chi connectivity index (χ2v) is 15.3. The Bertz CT molecular complexity index is 547. The maximum Gasteiger partial charge on any atom is 0.410 e. The van der Waals surface area contributed by atoms with E-state index in [1.807, 2.05) is 20.8 Å². The third kappa shape index (κ3) is 4.88. The molecule has 0 radical (unpaired) electrons. The van der Waals surface area contributed by atoms with Gasteiger partial charge in [0.15, 0.2) is 8.32 Å². The van der Waals surface area contributed by atoms with E-state index in [0.717, 1.165) is 6.42 Å². The first-order valence-electron chi connectivity index (χ1n) is 9.86. The van der Waals surface area contributed by atoms with Crippen LogP contribution in [0.3, 0.4) is 0 Å². The Hall–Kier alpha value is -0.883. The molecule has 0 aromatic heterocycles. The molecule has 0 unspecified atom stereocenters. The van der Waals surface area contributed by atoms with Gasteiger partial charge in [-0.25, -0.2) is 4.79 Å². The fourth-order valence-corrected chi connectivity index (χ4v) is 4.70. The average Bonchev–Trinajstić information content (AvgIpc) is 2.76. The summed E-state index contributed by atoms with van der Waals surface area (Å²) in [4.78, 5) is 26.7. The molecule has 6 heteroatoms. The lowest BCUT2D eigenvalue weighted by molar-refractivity contribution is -0.122. The number of Topliss-reactive ketones (excluding diaryl/α,β-unsaturated/α-hetero) is 1. The minimum Gasteiger partial charge on any atom is -0.444 e. The van der Waals surface area contributed by atoms with Gasteiger partial charge in [-0.15, -0.1) is 0 Å². The van der Waals surface area contributed by atoms with E-state index in [4.69, 9.17) is 9.16 Å². The summed E-state index contributed by atoms with van der Waals surface area (Å²) in [5.41, 5.74) is -0.487. The highest BCUT2D eigenvalue weighted by Gasteiger charge is 2.47. The third-order valence-electron chi connectivity index (χ3n) is 6.27. The normalized spacial score (nSPS) is 27.5. The van der Waals surface area contributed by atoms with Crippen LogP contribution in [-0.2, 0) is 14.0 Å². The van der Waals surface area contributed by atoms with Crippen molar-refractivity contribution in [2.24, 2.45) is 17.8 Å². The number of rotatable bonds is 3. The lowest BCUT2D eigenvalue weighted by atomic mass is 9.84. The minimum atomic E-state index is -1.85. The number of likely N-dealkylation sites (tertiary alicyclic amines) is 1. The van der Waals surface area contributed by atoms with Crippen molar-refractivity contribution >= 4 is 20.2 Å². The lowest BCUT2D eigenvalue weighted by Gasteiger charge is -2.39. The van der Waals surface area contributed by atoms with Crippen molar-refractivity contribution in [3.8, 4) is 0 Å². The van der Waals surface area contributed by atoms with Gasteiger partial charge in [0.1, 0.15) is 11.4 Å². The zero-order valence-electron chi connectivity index (χ0n) is 17.8. The van der Waals surface area contributed by atoms with Gasteiger partial charge in [0.2, 0.25) is 0 Å². The molecule has 3 atom stereocenters. The highest BCUT2D eigenvalue weighted by Crippen LogP contribution is 2.42. The van der Waals surface area contributed by atoms with Crippen molar-refractivity contribution < 1.29 is 18.8 Å². The standard InChI is InChI=1S/C20H37NO4Si/c1-19(2,3)25-18(23)21-10-9-15-14(12-21)11-17(22)16(15)13-24-26(7,8)20(4,5)6/h14-16H,9-13H2,1-8H3/t14-,15-,16-/m0/s1. The smallest absolute Gasteiger partial charge is 0.410 e. The van der Waals surface area contributed by atoms with E-state index in [1.54, 1.807) is 4.90 Å². The Labute approximate surface area is 159 Å². The van der Waals surface area contributed by atoms with Crippen molar-refractivity contribution in [2.45, 2.75) is 78.1 Å². The van der Waals surface area contributed by atoms with Crippen molar-refractivity contribution in [3.05, 3.63) is 0 Å². The van der Waals surface area contributed by atoms with Gasteiger partial charge in [0.05, 0.1) is 0 Å². The SMILES string of the molecule is CC(C)(C)OC(=O)N1CC[C@H]2[C@@H](CC(=O)[C@H]2CO[Si](C)(C)C(C)(C)C)C1. The van der Waals surface area contributed by atoms with Gasteiger partial charge in [-0.05, 0) is 57.2 Å². The van der Waals surface area contributed by atoms with Crippen molar-refractivity contribution in [2.75, 3.05) is 19.7 Å². The van der Waals surface area contributed by atoms with E-state index in [9.17, 15) is 9.59 Å². The number of ether oxygens (including phenoxy) is 1. The third-order valence-corrected chi connectivity index (χ3v) is 10.8. The number of amides is 1. The first kappa shape index (κ1) is 21.4. The largest absolute Gasteiger partial charge is 0.444 e. The molecular weight excluding hydrogens is 346 g/mol. The Morgan fingerprint density at radius 3 is 2.35 bits per heavy atom. The predicted molar refractivity (Wildman–Crippen MR) is 106 cm³/mol. The van der Waals surface area contributed by atoms with Gasteiger partial charge in [0, 0.05) is 32.0 Å². The first-order valence-corrected chi connectivity index (χ1v) is 12.8. The number of ketones is 1.